The second kappa shape index (κ2) is 4.67. The van der Waals surface area contributed by atoms with Crippen LogP contribution in [-0.4, -0.2) is 5.11 Å². The van der Waals surface area contributed by atoms with Crippen molar-refractivity contribution in [3.8, 4) is 0 Å². The second-order valence-corrected chi connectivity index (χ2v) is 4.46. The van der Waals surface area contributed by atoms with E-state index < -0.39 is 0 Å². The highest BCUT2D eigenvalue weighted by Gasteiger charge is 2.17. The molecule has 2 nitrogen and oxygen atoms in total. The summed E-state index contributed by atoms with van der Waals surface area (Å²) in [6.45, 7) is 0.0785. The molecule has 1 aliphatic rings. The van der Waals surface area contributed by atoms with Gasteiger partial charge in [0.1, 0.15) is 0 Å². The average Bonchev–Trinajstić information content (AvgIpc) is 2.30. The lowest BCUT2D eigenvalue weighted by Crippen LogP contribution is -2.07. The minimum atomic E-state index is 0.0785. The van der Waals surface area contributed by atoms with Crippen LogP contribution in [0.1, 0.15) is 49.1 Å². The van der Waals surface area contributed by atoms with Crippen LogP contribution < -0.4 is 5.73 Å². The molecule has 0 atom stereocenters. The molecule has 0 aromatic heterocycles. The standard InChI is InChI=1S/C13H19NO/c14-13-8-10(9-15)6-7-12(13)11-4-2-1-3-5-11/h6-8,11,15H,1-5,9,14H2. The molecule has 1 aromatic carbocycles. The molecule has 15 heavy (non-hydrogen) atoms. The average molecular weight is 205 g/mol. The van der Waals surface area contributed by atoms with Gasteiger partial charge in [0.2, 0.25) is 0 Å². The van der Waals surface area contributed by atoms with Crippen LogP contribution in [-0.2, 0) is 6.61 Å². The molecule has 1 aliphatic carbocycles. The molecule has 0 unspecified atom stereocenters. The first kappa shape index (κ1) is 10.5. The number of aliphatic hydroxyl groups is 1. The smallest absolute Gasteiger partial charge is 0.0682 e. The molecule has 0 aliphatic heterocycles. The van der Waals surface area contributed by atoms with Gasteiger partial charge in [-0.2, -0.15) is 0 Å². The maximum Gasteiger partial charge on any atom is 0.0682 e. The lowest BCUT2D eigenvalue weighted by molar-refractivity contribution is 0.282. The highest BCUT2D eigenvalue weighted by molar-refractivity contribution is 5.51. The van der Waals surface area contributed by atoms with Crippen LogP contribution >= 0.6 is 0 Å². The van der Waals surface area contributed by atoms with Crippen LogP contribution in [0.4, 0.5) is 5.69 Å². The van der Waals surface area contributed by atoms with Crippen molar-refractivity contribution >= 4 is 5.69 Å². The molecule has 0 bridgehead atoms. The largest absolute Gasteiger partial charge is 0.398 e. The summed E-state index contributed by atoms with van der Waals surface area (Å²) >= 11 is 0. The summed E-state index contributed by atoms with van der Waals surface area (Å²) in [5, 5.41) is 9.01. The molecule has 0 heterocycles. The molecule has 2 rings (SSSR count). The number of aliphatic hydroxyl groups excluding tert-OH is 1. The van der Waals surface area contributed by atoms with Gasteiger partial charge in [0.15, 0.2) is 0 Å². The Hall–Kier alpha value is -1.02. The lowest BCUT2D eigenvalue weighted by atomic mass is 9.83. The van der Waals surface area contributed by atoms with Crippen molar-refractivity contribution < 1.29 is 5.11 Å². The van der Waals surface area contributed by atoms with E-state index in [4.69, 9.17) is 10.8 Å². The summed E-state index contributed by atoms with van der Waals surface area (Å²) in [6.07, 6.45) is 6.55. The van der Waals surface area contributed by atoms with E-state index >= 15 is 0 Å². The second-order valence-electron chi connectivity index (χ2n) is 4.46. The summed E-state index contributed by atoms with van der Waals surface area (Å²) < 4.78 is 0. The zero-order chi connectivity index (χ0) is 10.7. The Labute approximate surface area is 91.1 Å². The van der Waals surface area contributed by atoms with Crippen molar-refractivity contribution in [3.63, 3.8) is 0 Å². The Morgan fingerprint density at radius 1 is 1.20 bits per heavy atom. The van der Waals surface area contributed by atoms with Crippen molar-refractivity contribution in [1.82, 2.24) is 0 Å². The molecule has 1 aromatic rings. The Balaban J connectivity index is 2.19. The van der Waals surface area contributed by atoms with E-state index in [9.17, 15) is 0 Å². The molecule has 3 N–H and O–H groups in total. The highest BCUT2D eigenvalue weighted by atomic mass is 16.3. The van der Waals surface area contributed by atoms with Crippen molar-refractivity contribution in [3.05, 3.63) is 29.3 Å². The molecular formula is C13H19NO. The maximum absolute atomic E-state index is 9.01. The quantitative estimate of drug-likeness (QED) is 0.729. The molecule has 2 heteroatoms. The molecule has 82 valence electrons. The van der Waals surface area contributed by atoms with Gasteiger partial charge in [-0.05, 0) is 36.0 Å². The molecule has 1 fully saturated rings. The molecule has 0 amide bonds. The first-order valence-corrected chi connectivity index (χ1v) is 5.80. The molecular weight excluding hydrogens is 186 g/mol. The van der Waals surface area contributed by atoms with Gasteiger partial charge in [-0.1, -0.05) is 31.4 Å². The zero-order valence-electron chi connectivity index (χ0n) is 9.08. The zero-order valence-corrected chi connectivity index (χ0v) is 9.08. The normalized spacial score (nSPS) is 17.9. The Morgan fingerprint density at radius 3 is 2.53 bits per heavy atom. The Morgan fingerprint density at radius 2 is 1.93 bits per heavy atom. The van der Waals surface area contributed by atoms with E-state index in [1.165, 1.54) is 37.7 Å². The molecule has 0 radical (unpaired) electrons. The van der Waals surface area contributed by atoms with Gasteiger partial charge in [-0.3, -0.25) is 0 Å². The third-order valence-corrected chi connectivity index (χ3v) is 3.38. The Kier molecular flexibility index (Phi) is 3.27. The fraction of sp³-hybridized carbons (Fsp3) is 0.538. The van der Waals surface area contributed by atoms with E-state index in [0.29, 0.717) is 5.92 Å². The summed E-state index contributed by atoms with van der Waals surface area (Å²) in [6, 6.07) is 5.99. The number of hydrogen-bond acceptors (Lipinski definition) is 2. The van der Waals surface area contributed by atoms with E-state index in [2.05, 4.69) is 6.07 Å². The van der Waals surface area contributed by atoms with Crippen LogP contribution in [0.2, 0.25) is 0 Å². The van der Waals surface area contributed by atoms with Gasteiger partial charge in [0.05, 0.1) is 6.61 Å². The number of nitrogen functional groups attached to an aromatic ring is 1. The van der Waals surface area contributed by atoms with Crippen molar-refractivity contribution in [2.24, 2.45) is 0 Å². The van der Waals surface area contributed by atoms with Crippen LogP contribution in [0.15, 0.2) is 18.2 Å². The number of nitrogens with two attached hydrogens (primary N) is 1. The number of benzene rings is 1. The van der Waals surface area contributed by atoms with Crippen LogP contribution in [0.3, 0.4) is 0 Å². The fourth-order valence-electron chi connectivity index (χ4n) is 2.51. The van der Waals surface area contributed by atoms with Gasteiger partial charge in [-0.25, -0.2) is 0 Å². The third-order valence-electron chi connectivity index (χ3n) is 3.38. The predicted octanol–water partition coefficient (Wildman–Crippen LogP) is 2.81. The summed E-state index contributed by atoms with van der Waals surface area (Å²) in [5.41, 5.74) is 9.07. The number of hydrogen-bond donors (Lipinski definition) is 2. The first-order valence-electron chi connectivity index (χ1n) is 5.80. The van der Waals surface area contributed by atoms with E-state index in [-0.39, 0.29) is 6.61 Å². The predicted molar refractivity (Wildman–Crippen MR) is 62.6 cm³/mol. The lowest BCUT2D eigenvalue weighted by Gasteiger charge is -2.23. The van der Waals surface area contributed by atoms with Crippen molar-refractivity contribution in [2.45, 2.75) is 44.6 Å². The number of anilines is 1. The van der Waals surface area contributed by atoms with Crippen LogP contribution in [0.25, 0.3) is 0 Å². The van der Waals surface area contributed by atoms with Gasteiger partial charge in [-0.15, -0.1) is 0 Å². The van der Waals surface area contributed by atoms with Gasteiger partial charge in [0.25, 0.3) is 0 Å². The van der Waals surface area contributed by atoms with Crippen molar-refractivity contribution in [2.75, 3.05) is 5.73 Å². The van der Waals surface area contributed by atoms with Gasteiger partial charge < -0.3 is 10.8 Å². The van der Waals surface area contributed by atoms with Gasteiger partial charge >= 0.3 is 0 Å². The topological polar surface area (TPSA) is 46.2 Å². The third kappa shape index (κ3) is 2.32. The summed E-state index contributed by atoms with van der Waals surface area (Å²) in [4.78, 5) is 0. The summed E-state index contributed by atoms with van der Waals surface area (Å²) in [5.74, 6) is 0.645. The highest BCUT2D eigenvalue weighted by Crippen LogP contribution is 2.35. The van der Waals surface area contributed by atoms with E-state index in [0.717, 1.165) is 11.3 Å². The fourth-order valence-corrected chi connectivity index (χ4v) is 2.51. The SMILES string of the molecule is Nc1cc(CO)ccc1C1CCCCC1. The molecule has 0 spiro atoms. The summed E-state index contributed by atoms with van der Waals surface area (Å²) in [7, 11) is 0. The minimum absolute atomic E-state index is 0.0785. The Bertz CT molecular complexity index is 329. The maximum atomic E-state index is 9.01. The first-order chi connectivity index (χ1) is 7.31. The monoisotopic (exact) mass is 205 g/mol. The van der Waals surface area contributed by atoms with Crippen LogP contribution in [0, 0.1) is 0 Å². The van der Waals surface area contributed by atoms with E-state index in [1.54, 1.807) is 0 Å². The molecule has 0 saturated heterocycles. The molecule has 1 saturated carbocycles. The number of rotatable bonds is 2. The van der Waals surface area contributed by atoms with E-state index in [1.807, 2.05) is 12.1 Å². The van der Waals surface area contributed by atoms with Gasteiger partial charge in [0, 0.05) is 5.69 Å². The van der Waals surface area contributed by atoms with Crippen molar-refractivity contribution in [1.29, 1.82) is 0 Å². The van der Waals surface area contributed by atoms with Crippen LogP contribution in [0.5, 0.6) is 0 Å². The minimum Gasteiger partial charge on any atom is -0.398 e.